The van der Waals surface area contributed by atoms with Gasteiger partial charge in [-0.05, 0) is 52.6 Å². The fourth-order valence-corrected chi connectivity index (χ4v) is 2.64. The van der Waals surface area contributed by atoms with E-state index < -0.39 is 5.97 Å². The van der Waals surface area contributed by atoms with E-state index in [1.807, 2.05) is 0 Å². The molecule has 2 heterocycles. The molecule has 0 saturated carbocycles. The third-order valence-electron chi connectivity index (χ3n) is 3.34. The number of esters is 1. The number of aryl methyl sites for hydroxylation is 2. The molecule has 13 heteroatoms. The molecule has 2 rings (SSSR count). The molecule has 0 bridgehead atoms. The topological polar surface area (TPSA) is 116 Å². The fraction of sp³-hybridized carbons (Fsp3) is 0.438. The molecular weight excluding hydrogens is 506 g/mol. The quantitative estimate of drug-likeness (QED) is 0.351. The van der Waals surface area contributed by atoms with Crippen LogP contribution in [0.25, 0.3) is 0 Å². The van der Waals surface area contributed by atoms with Gasteiger partial charge in [-0.15, -0.1) is 0 Å². The van der Waals surface area contributed by atoms with Gasteiger partial charge in [0, 0.05) is 38.7 Å². The summed E-state index contributed by atoms with van der Waals surface area (Å²) in [4.78, 5) is 41.8. The summed E-state index contributed by atoms with van der Waals surface area (Å²) in [6.07, 6.45) is 3.10. The molecular formula is C16H21BBr2LiN4O5. The number of halogens is 2. The van der Waals surface area contributed by atoms with E-state index in [-0.39, 0.29) is 62.2 Å². The molecule has 2 aromatic heterocycles. The third kappa shape index (κ3) is 9.01. The Kier molecular flexibility index (Phi) is 15.3. The van der Waals surface area contributed by atoms with Gasteiger partial charge < -0.3 is 15.8 Å². The summed E-state index contributed by atoms with van der Waals surface area (Å²) in [5.74, 6) is -0.430. The summed E-state index contributed by atoms with van der Waals surface area (Å²) < 4.78 is 8.02. The summed E-state index contributed by atoms with van der Waals surface area (Å²) >= 11 is 6.04. The normalized spacial score (nSPS) is 9.45. The number of rotatable bonds is 5. The van der Waals surface area contributed by atoms with Gasteiger partial charge in [0.15, 0.2) is 9.21 Å². The molecule has 9 nitrogen and oxygen atoms in total. The van der Waals surface area contributed by atoms with Crippen LogP contribution in [0.5, 0.6) is 0 Å². The van der Waals surface area contributed by atoms with Crippen LogP contribution < -0.4 is 30.0 Å². The Balaban J connectivity index is -0.000000450. The van der Waals surface area contributed by atoms with Crippen LogP contribution in [-0.4, -0.2) is 51.8 Å². The molecule has 0 atom stereocenters. The second-order valence-corrected chi connectivity index (χ2v) is 6.76. The van der Waals surface area contributed by atoms with Crippen LogP contribution in [0.3, 0.4) is 0 Å². The molecule has 1 N–H and O–H groups in total. The SMILES string of the molecule is CCOC(=O)Cn1c(C)cnc(Br)c1=O.Cc1cnc(Br)c(=O)n1CCO.[B].[H-].[Li+]. The smallest absolute Gasteiger partial charge is 1.00 e. The number of aliphatic hydroxyl groups is 1. The van der Waals surface area contributed by atoms with E-state index in [4.69, 9.17) is 9.84 Å². The van der Waals surface area contributed by atoms with Crippen LogP contribution in [0, 0.1) is 13.8 Å². The van der Waals surface area contributed by atoms with Gasteiger partial charge in [0.2, 0.25) is 0 Å². The van der Waals surface area contributed by atoms with Gasteiger partial charge in [-0.25, -0.2) is 9.97 Å². The Morgan fingerprint density at radius 3 is 2.00 bits per heavy atom. The van der Waals surface area contributed by atoms with Crippen molar-refractivity contribution in [2.75, 3.05) is 13.2 Å². The predicted octanol–water partition coefficient (Wildman–Crippen LogP) is -2.08. The van der Waals surface area contributed by atoms with Crippen LogP contribution in [0.2, 0.25) is 0 Å². The first kappa shape index (κ1) is 30.0. The zero-order valence-electron chi connectivity index (χ0n) is 17.7. The van der Waals surface area contributed by atoms with Gasteiger partial charge in [0.1, 0.15) is 6.54 Å². The Hall–Kier alpha value is -1.19. The molecule has 153 valence electrons. The number of hydrogen-bond donors (Lipinski definition) is 1. The molecule has 0 amide bonds. The first-order valence-electron chi connectivity index (χ1n) is 7.93. The van der Waals surface area contributed by atoms with E-state index in [1.54, 1.807) is 27.0 Å². The standard InChI is InChI=1S/C9H11BrN2O3.C7H9BrN2O2.B.Li.H/c1-3-15-7(13)5-12-6(2)4-11-8(10)9(12)14;1-5-4-9-6(8)7(12)10(5)2-3-11;;;/h4H,3,5H2,1-2H3;4,11H,2-3H2,1H3;;;/q;;;+1;-1. The number of aliphatic hydroxyl groups excluding tert-OH is 1. The Bertz CT molecular complexity index is 929. The minimum atomic E-state index is -0.430. The van der Waals surface area contributed by atoms with Crippen molar-refractivity contribution in [1.29, 1.82) is 0 Å². The Morgan fingerprint density at radius 2 is 1.55 bits per heavy atom. The van der Waals surface area contributed by atoms with E-state index in [0.29, 0.717) is 18.8 Å². The second kappa shape index (κ2) is 14.7. The summed E-state index contributed by atoms with van der Waals surface area (Å²) in [6.45, 7) is 5.69. The second-order valence-electron chi connectivity index (χ2n) is 5.26. The van der Waals surface area contributed by atoms with Crippen molar-refractivity contribution in [3.05, 3.63) is 53.7 Å². The van der Waals surface area contributed by atoms with E-state index >= 15 is 0 Å². The molecule has 29 heavy (non-hydrogen) atoms. The average Bonchev–Trinajstić information content (AvgIpc) is 2.63. The minimum absolute atomic E-state index is 0. The minimum Gasteiger partial charge on any atom is -1.00 e. The van der Waals surface area contributed by atoms with E-state index in [1.165, 1.54) is 15.3 Å². The molecule has 2 aromatic rings. The van der Waals surface area contributed by atoms with Gasteiger partial charge in [-0.3, -0.25) is 19.0 Å². The van der Waals surface area contributed by atoms with E-state index in [2.05, 4.69) is 41.8 Å². The maximum Gasteiger partial charge on any atom is 1.00 e. The molecule has 0 fully saturated rings. The van der Waals surface area contributed by atoms with Gasteiger partial charge in [0.25, 0.3) is 11.1 Å². The van der Waals surface area contributed by atoms with E-state index in [9.17, 15) is 14.4 Å². The summed E-state index contributed by atoms with van der Waals surface area (Å²) in [6, 6.07) is 0. The molecule has 0 aromatic carbocycles. The van der Waals surface area contributed by atoms with Gasteiger partial charge in [0.05, 0.1) is 13.2 Å². The molecule has 0 aliphatic rings. The van der Waals surface area contributed by atoms with Crippen molar-refractivity contribution in [3.8, 4) is 0 Å². The number of carbonyl (C=O) groups excluding carboxylic acids is 1. The van der Waals surface area contributed by atoms with Crippen molar-refractivity contribution < 1.29 is 34.9 Å². The third-order valence-corrected chi connectivity index (χ3v) is 4.43. The van der Waals surface area contributed by atoms with Crippen molar-refractivity contribution in [3.63, 3.8) is 0 Å². The Labute approximate surface area is 200 Å². The molecule has 0 saturated heterocycles. The summed E-state index contributed by atoms with van der Waals surface area (Å²) in [5, 5.41) is 8.66. The number of ether oxygens (including phenoxy) is 1. The zero-order valence-corrected chi connectivity index (χ0v) is 19.9. The van der Waals surface area contributed by atoms with Crippen LogP contribution >= 0.6 is 31.9 Å². The summed E-state index contributed by atoms with van der Waals surface area (Å²) in [5.41, 5.74) is 0.834. The number of aromatic nitrogens is 4. The van der Waals surface area contributed by atoms with Crippen molar-refractivity contribution in [2.24, 2.45) is 0 Å². The van der Waals surface area contributed by atoms with Gasteiger partial charge in [-0.2, -0.15) is 0 Å². The van der Waals surface area contributed by atoms with Crippen molar-refractivity contribution in [2.45, 2.75) is 33.9 Å². The molecule has 0 aliphatic heterocycles. The van der Waals surface area contributed by atoms with Gasteiger partial charge >= 0.3 is 24.8 Å². The monoisotopic (exact) mass is 525 g/mol. The van der Waals surface area contributed by atoms with Crippen LogP contribution in [0.15, 0.2) is 31.2 Å². The number of hydrogen-bond acceptors (Lipinski definition) is 7. The maximum absolute atomic E-state index is 11.6. The first-order valence-corrected chi connectivity index (χ1v) is 9.51. The van der Waals surface area contributed by atoms with Crippen LogP contribution in [-0.2, 0) is 22.6 Å². The van der Waals surface area contributed by atoms with Crippen molar-refractivity contribution in [1.82, 2.24) is 19.1 Å². The average molecular weight is 527 g/mol. The maximum atomic E-state index is 11.6. The predicted molar refractivity (Wildman–Crippen MR) is 112 cm³/mol. The largest absolute Gasteiger partial charge is 1.00 e. The van der Waals surface area contributed by atoms with Crippen molar-refractivity contribution >= 4 is 46.2 Å². The van der Waals surface area contributed by atoms with Gasteiger partial charge in [-0.1, -0.05) is 0 Å². The Morgan fingerprint density at radius 1 is 1.10 bits per heavy atom. The van der Waals surface area contributed by atoms with Crippen LogP contribution in [0.4, 0.5) is 0 Å². The molecule has 0 aliphatic carbocycles. The number of nitrogens with zero attached hydrogens (tertiary/aromatic N) is 4. The zero-order chi connectivity index (χ0) is 20.6. The van der Waals surface area contributed by atoms with E-state index in [0.717, 1.165) is 5.69 Å². The molecule has 0 spiro atoms. The fourth-order valence-electron chi connectivity index (χ4n) is 2.00. The number of carbonyl (C=O) groups is 1. The summed E-state index contributed by atoms with van der Waals surface area (Å²) in [7, 11) is 0. The first-order chi connectivity index (χ1) is 12.7. The van der Waals surface area contributed by atoms with Crippen LogP contribution in [0.1, 0.15) is 19.7 Å². The molecule has 0 unspecified atom stereocenters. The molecule has 3 radical (unpaired) electrons.